The van der Waals surface area contributed by atoms with Crippen LogP contribution in [0, 0.1) is 33.6 Å². The van der Waals surface area contributed by atoms with Crippen molar-refractivity contribution in [3.05, 3.63) is 34.4 Å². The number of carbonyl (C=O) groups is 1. The fraction of sp³-hybridized carbons (Fsp3) is 0.579. The van der Waals surface area contributed by atoms with E-state index in [4.69, 9.17) is 5.73 Å². The highest BCUT2D eigenvalue weighted by atomic mass is 35.5. The molecule has 1 aliphatic heterocycles. The first kappa shape index (κ1) is 21.3. The Morgan fingerprint density at radius 2 is 1.85 bits per heavy atom. The highest BCUT2D eigenvalue weighted by Crippen LogP contribution is 2.24. The maximum absolute atomic E-state index is 12.9. The van der Waals surface area contributed by atoms with E-state index in [1.54, 1.807) is 4.68 Å². The van der Waals surface area contributed by atoms with Crippen molar-refractivity contribution < 1.29 is 4.79 Å². The van der Waals surface area contributed by atoms with Gasteiger partial charge >= 0.3 is 0 Å². The van der Waals surface area contributed by atoms with E-state index in [9.17, 15) is 4.79 Å². The summed E-state index contributed by atoms with van der Waals surface area (Å²) < 4.78 is 1.74. The Morgan fingerprint density at radius 1 is 1.22 bits per heavy atom. The molecule has 0 aliphatic carbocycles. The van der Waals surface area contributed by atoms with Crippen LogP contribution in [0.15, 0.2) is 6.07 Å². The van der Waals surface area contributed by atoms with Gasteiger partial charge in [0.2, 0.25) is 5.91 Å². The second kappa shape index (κ2) is 8.35. The Morgan fingerprint density at radius 3 is 2.41 bits per heavy atom. The molecule has 3 rings (SSSR count). The van der Waals surface area contributed by atoms with Gasteiger partial charge in [-0.1, -0.05) is 0 Å². The molecular formula is C19H29ClN6O. The molecule has 0 spiro atoms. The van der Waals surface area contributed by atoms with E-state index in [1.165, 1.54) is 0 Å². The molecule has 2 atom stereocenters. The summed E-state index contributed by atoms with van der Waals surface area (Å²) in [6.45, 7) is 11.3. The highest BCUT2D eigenvalue weighted by molar-refractivity contribution is 5.85. The number of nitrogens with zero attached hydrogens (tertiary/aromatic N) is 5. The summed E-state index contributed by atoms with van der Waals surface area (Å²) in [6, 6.07) is 2.18. The molecule has 2 aromatic rings. The quantitative estimate of drug-likeness (QED) is 0.860. The Kier molecular flexibility index (Phi) is 6.59. The average molecular weight is 393 g/mol. The van der Waals surface area contributed by atoms with E-state index >= 15 is 0 Å². The Balaban J connectivity index is 0.00000261. The molecule has 0 bridgehead atoms. The number of likely N-dealkylation sites (tertiary alicyclic amines) is 1. The number of amides is 1. The molecule has 3 heterocycles. The van der Waals surface area contributed by atoms with Gasteiger partial charge in [0.15, 0.2) is 0 Å². The molecule has 27 heavy (non-hydrogen) atoms. The van der Waals surface area contributed by atoms with Gasteiger partial charge in [-0.05, 0) is 59.6 Å². The van der Waals surface area contributed by atoms with Crippen LogP contribution in [-0.4, -0.2) is 49.7 Å². The number of rotatable bonds is 4. The van der Waals surface area contributed by atoms with Crippen LogP contribution in [-0.2, 0) is 11.2 Å². The third-order valence-corrected chi connectivity index (χ3v) is 5.24. The van der Waals surface area contributed by atoms with E-state index in [0.717, 1.165) is 41.3 Å². The molecular weight excluding hydrogens is 364 g/mol. The normalized spacial score (nSPS) is 19.3. The van der Waals surface area contributed by atoms with Gasteiger partial charge in [-0.3, -0.25) is 4.79 Å². The molecule has 0 saturated carbocycles. The van der Waals surface area contributed by atoms with Crippen LogP contribution in [0.5, 0.6) is 0 Å². The third-order valence-electron chi connectivity index (χ3n) is 5.24. The molecule has 8 heteroatoms. The number of hydrogen-bond acceptors (Lipinski definition) is 5. The zero-order valence-corrected chi connectivity index (χ0v) is 17.5. The maximum atomic E-state index is 12.9. The second-order valence-corrected chi connectivity index (χ2v) is 7.42. The van der Waals surface area contributed by atoms with Crippen LogP contribution in [0.1, 0.15) is 41.7 Å². The van der Waals surface area contributed by atoms with Crippen LogP contribution >= 0.6 is 12.4 Å². The lowest BCUT2D eigenvalue weighted by Gasteiger charge is -2.21. The fourth-order valence-electron chi connectivity index (χ4n) is 3.84. The average Bonchev–Trinajstić information content (AvgIpc) is 3.08. The molecule has 2 unspecified atom stereocenters. The van der Waals surface area contributed by atoms with Crippen molar-refractivity contribution in [3.8, 4) is 5.95 Å². The molecule has 2 aromatic heterocycles. The van der Waals surface area contributed by atoms with E-state index in [2.05, 4.69) is 22.0 Å². The van der Waals surface area contributed by atoms with Crippen LogP contribution in [0.4, 0.5) is 0 Å². The van der Waals surface area contributed by atoms with Gasteiger partial charge in [0, 0.05) is 35.2 Å². The minimum atomic E-state index is 0. The summed E-state index contributed by atoms with van der Waals surface area (Å²) in [5, 5.41) is 4.59. The highest BCUT2D eigenvalue weighted by Gasteiger charge is 2.32. The van der Waals surface area contributed by atoms with Crippen molar-refractivity contribution >= 4 is 18.3 Å². The predicted octanol–water partition coefficient (Wildman–Crippen LogP) is 2.06. The molecule has 1 saturated heterocycles. The smallest absolute Gasteiger partial charge is 0.251 e. The number of aromatic nitrogens is 4. The zero-order valence-electron chi connectivity index (χ0n) is 16.7. The predicted molar refractivity (Wildman–Crippen MR) is 107 cm³/mol. The molecule has 148 valence electrons. The summed E-state index contributed by atoms with van der Waals surface area (Å²) >= 11 is 0. The standard InChI is InChI=1S/C19H28N6O.ClH/c1-11-6-12(2)22-19(21-11)25-15(5)17(14(4)23-25)8-18(26)24-10-16(9-20)7-13(24)3;/h6,13,16H,7-10,20H2,1-5H3;1H. The Hall–Kier alpha value is -1.99. The van der Waals surface area contributed by atoms with Crippen molar-refractivity contribution in [2.75, 3.05) is 13.1 Å². The van der Waals surface area contributed by atoms with Crippen molar-refractivity contribution in [3.63, 3.8) is 0 Å². The van der Waals surface area contributed by atoms with E-state index in [0.29, 0.717) is 24.8 Å². The zero-order chi connectivity index (χ0) is 19.0. The minimum absolute atomic E-state index is 0. The molecule has 7 nitrogen and oxygen atoms in total. The first-order valence-electron chi connectivity index (χ1n) is 9.17. The minimum Gasteiger partial charge on any atom is -0.339 e. The summed E-state index contributed by atoms with van der Waals surface area (Å²) in [7, 11) is 0. The first-order chi connectivity index (χ1) is 12.3. The van der Waals surface area contributed by atoms with Gasteiger partial charge in [0.05, 0.1) is 12.1 Å². The SMILES string of the molecule is Cc1cc(C)nc(-n2nc(C)c(CC(=O)N3CC(CN)CC3C)c2C)n1.Cl. The van der Waals surface area contributed by atoms with Crippen molar-refractivity contribution in [2.24, 2.45) is 11.7 Å². The van der Waals surface area contributed by atoms with E-state index < -0.39 is 0 Å². The lowest BCUT2D eigenvalue weighted by molar-refractivity contribution is -0.131. The van der Waals surface area contributed by atoms with Gasteiger partial charge in [-0.2, -0.15) is 5.10 Å². The molecule has 1 aliphatic rings. The molecule has 2 N–H and O–H groups in total. The van der Waals surface area contributed by atoms with Gasteiger partial charge in [-0.15, -0.1) is 12.4 Å². The van der Waals surface area contributed by atoms with Crippen molar-refractivity contribution in [2.45, 2.75) is 53.5 Å². The number of aryl methyl sites for hydroxylation is 3. The molecule has 1 amide bonds. The van der Waals surface area contributed by atoms with Gasteiger partial charge in [0.25, 0.3) is 5.95 Å². The molecule has 0 radical (unpaired) electrons. The summed E-state index contributed by atoms with van der Waals surface area (Å²) in [6.07, 6.45) is 1.33. The summed E-state index contributed by atoms with van der Waals surface area (Å²) in [5.74, 6) is 1.10. The number of halogens is 1. The topological polar surface area (TPSA) is 89.9 Å². The van der Waals surface area contributed by atoms with Crippen molar-refractivity contribution in [1.82, 2.24) is 24.6 Å². The van der Waals surface area contributed by atoms with Crippen LogP contribution < -0.4 is 5.73 Å². The van der Waals surface area contributed by atoms with Crippen LogP contribution in [0.2, 0.25) is 0 Å². The number of nitrogens with two attached hydrogens (primary N) is 1. The van der Waals surface area contributed by atoms with Gasteiger partial charge in [-0.25, -0.2) is 14.6 Å². The number of carbonyl (C=O) groups excluding carboxylic acids is 1. The first-order valence-corrected chi connectivity index (χ1v) is 9.17. The maximum Gasteiger partial charge on any atom is 0.251 e. The molecule has 0 aromatic carbocycles. The monoisotopic (exact) mass is 392 g/mol. The summed E-state index contributed by atoms with van der Waals surface area (Å²) in [4.78, 5) is 23.8. The fourth-order valence-corrected chi connectivity index (χ4v) is 3.84. The van der Waals surface area contributed by atoms with Crippen LogP contribution in [0.25, 0.3) is 5.95 Å². The van der Waals surface area contributed by atoms with Gasteiger partial charge < -0.3 is 10.6 Å². The molecule has 1 fully saturated rings. The Bertz CT molecular complexity index is 814. The second-order valence-electron chi connectivity index (χ2n) is 7.42. The van der Waals surface area contributed by atoms with E-state index in [-0.39, 0.29) is 24.4 Å². The Labute approximate surface area is 166 Å². The van der Waals surface area contributed by atoms with Gasteiger partial charge in [0.1, 0.15) is 0 Å². The third kappa shape index (κ3) is 4.30. The lowest BCUT2D eigenvalue weighted by atomic mass is 10.1. The number of hydrogen-bond donors (Lipinski definition) is 1. The summed E-state index contributed by atoms with van der Waals surface area (Å²) in [5.41, 5.74) is 10.3. The lowest BCUT2D eigenvalue weighted by Crippen LogP contribution is -2.35. The van der Waals surface area contributed by atoms with E-state index in [1.807, 2.05) is 38.7 Å². The van der Waals surface area contributed by atoms with Crippen LogP contribution in [0.3, 0.4) is 0 Å². The van der Waals surface area contributed by atoms with Crippen molar-refractivity contribution in [1.29, 1.82) is 0 Å². The largest absolute Gasteiger partial charge is 0.339 e.